The van der Waals surface area contributed by atoms with Crippen LogP contribution in [0.2, 0.25) is 5.02 Å². The van der Waals surface area contributed by atoms with Gasteiger partial charge < -0.3 is 15.8 Å². The third-order valence-electron chi connectivity index (χ3n) is 3.12. The lowest BCUT2D eigenvalue weighted by Crippen LogP contribution is -2.20. The molecule has 0 radical (unpaired) electrons. The zero-order valence-corrected chi connectivity index (χ0v) is 11.1. The second kappa shape index (κ2) is 6.75. The van der Waals surface area contributed by atoms with Gasteiger partial charge in [-0.15, -0.1) is 0 Å². The second-order valence-corrected chi connectivity index (χ2v) is 4.86. The first kappa shape index (κ1) is 13.4. The number of nitrogen functional groups attached to an aromatic ring is 1. The number of halogens is 1. The summed E-state index contributed by atoms with van der Waals surface area (Å²) >= 11 is 5.97. The number of nitrogens with zero attached hydrogens (tertiary/aromatic N) is 2. The van der Waals surface area contributed by atoms with Crippen LogP contribution in [0.15, 0.2) is 6.33 Å². The van der Waals surface area contributed by atoms with Crippen LogP contribution in [0.4, 0.5) is 11.6 Å². The molecule has 0 bridgehead atoms. The Hall–Kier alpha value is -1.07. The Balaban J connectivity index is 1.70. The van der Waals surface area contributed by atoms with E-state index in [4.69, 9.17) is 22.1 Å². The number of ether oxygens (including phenoxy) is 1. The molecule has 2 rings (SSSR count). The van der Waals surface area contributed by atoms with Gasteiger partial charge in [0.15, 0.2) is 5.82 Å². The lowest BCUT2D eigenvalue weighted by molar-refractivity contribution is 0.0347. The summed E-state index contributed by atoms with van der Waals surface area (Å²) in [7, 11) is 0. The van der Waals surface area contributed by atoms with E-state index >= 15 is 0 Å². The van der Waals surface area contributed by atoms with Crippen molar-refractivity contribution in [2.75, 3.05) is 24.2 Å². The molecule has 1 aliphatic rings. The van der Waals surface area contributed by atoms with E-state index in [-0.39, 0.29) is 0 Å². The van der Waals surface area contributed by atoms with Crippen LogP contribution in [0, 0.1) is 0 Å². The first-order valence-electron chi connectivity index (χ1n) is 6.39. The Morgan fingerprint density at radius 3 is 2.89 bits per heavy atom. The molecule has 1 aromatic rings. The molecule has 1 heterocycles. The Morgan fingerprint density at radius 2 is 2.11 bits per heavy atom. The van der Waals surface area contributed by atoms with Gasteiger partial charge in [-0.05, 0) is 12.8 Å². The standard InChI is InChI=1S/C12H19ClN4O/c13-10-11(14)16-8-17-12(10)15-6-7-18-9-4-2-1-3-5-9/h8-9H,1-7H2,(H3,14,15,16,17). The van der Waals surface area contributed by atoms with Gasteiger partial charge in [0.05, 0.1) is 12.7 Å². The highest BCUT2D eigenvalue weighted by Crippen LogP contribution is 2.23. The van der Waals surface area contributed by atoms with Crippen molar-refractivity contribution >= 4 is 23.2 Å². The molecule has 1 aliphatic carbocycles. The van der Waals surface area contributed by atoms with Gasteiger partial charge in [-0.25, -0.2) is 9.97 Å². The lowest BCUT2D eigenvalue weighted by atomic mass is 9.98. The molecule has 0 unspecified atom stereocenters. The van der Waals surface area contributed by atoms with Gasteiger partial charge in [0.2, 0.25) is 0 Å². The monoisotopic (exact) mass is 270 g/mol. The largest absolute Gasteiger partial charge is 0.382 e. The van der Waals surface area contributed by atoms with Crippen molar-refractivity contribution in [2.24, 2.45) is 0 Å². The van der Waals surface area contributed by atoms with Crippen molar-refractivity contribution in [3.05, 3.63) is 11.3 Å². The maximum absolute atomic E-state index is 5.97. The maximum atomic E-state index is 5.97. The molecule has 0 spiro atoms. The van der Waals surface area contributed by atoms with Crippen LogP contribution < -0.4 is 11.1 Å². The summed E-state index contributed by atoms with van der Waals surface area (Å²) in [5.41, 5.74) is 5.59. The van der Waals surface area contributed by atoms with E-state index in [0.29, 0.717) is 35.9 Å². The molecule has 0 amide bonds. The number of nitrogens with one attached hydrogen (secondary N) is 1. The average Bonchev–Trinajstić information content (AvgIpc) is 2.40. The van der Waals surface area contributed by atoms with Gasteiger partial charge in [-0.1, -0.05) is 30.9 Å². The third-order valence-corrected chi connectivity index (χ3v) is 3.49. The van der Waals surface area contributed by atoms with E-state index in [1.165, 1.54) is 38.4 Å². The smallest absolute Gasteiger partial charge is 0.150 e. The van der Waals surface area contributed by atoms with Crippen molar-refractivity contribution in [1.29, 1.82) is 0 Å². The fourth-order valence-electron chi connectivity index (χ4n) is 2.13. The quantitative estimate of drug-likeness (QED) is 0.804. The number of anilines is 2. The number of aromatic nitrogens is 2. The number of hydrogen-bond donors (Lipinski definition) is 2. The summed E-state index contributed by atoms with van der Waals surface area (Å²) in [4.78, 5) is 7.84. The first-order valence-corrected chi connectivity index (χ1v) is 6.76. The summed E-state index contributed by atoms with van der Waals surface area (Å²) < 4.78 is 5.79. The predicted octanol–water partition coefficient (Wildman–Crippen LogP) is 2.47. The predicted molar refractivity (Wildman–Crippen MR) is 72.8 cm³/mol. The molecule has 1 saturated carbocycles. The summed E-state index contributed by atoms with van der Waals surface area (Å²) in [5.74, 6) is 0.860. The van der Waals surface area contributed by atoms with E-state index in [1.807, 2.05) is 0 Å². The summed E-state index contributed by atoms with van der Waals surface area (Å²) in [5, 5.41) is 3.48. The molecule has 0 atom stereocenters. The van der Waals surface area contributed by atoms with Crippen LogP contribution >= 0.6 is 11.6 Å². The first-order chi connectivity index (χ1) is 8.77. The Morgan fingerprint density at radius 1 is 1.33 bits per heavy atom. The highest BCUT2D eigenvalue weighted by Gasteiger charge is 2.13. The number of rotatable bonds is 5. The third kappa shape index (κ3) is 3.71. The zero-order valence-electron chi connectivity index (χ0n) is 10.4. The van der Waals surface area contributed by atoms with Crippen LogP contribution in [0.5, 0.6) is 0 Å². The molecule has 0 aromatic carbocycles. The van der Waals surface area contributed by atoms with Crippen molar-refractivity contribution in [3.8, 4) is 0 Å². The van der Waals surface area contributed by atoms with Gasteiger partial charge in [0.1, 0.15) is 17.2 Å². The van der Waals surface area contributed by atoms with Crippen LogP contribution in [-0.4, -0.2) is 29.2 Å². The molecule has 5 nitrogen and oxygen atoms in total. The second-order valence-electron chi connectivity index (χ2n) is 4.48. The van der Waals surface area contributed by atoms with Gasteiger partial charge in [-0.2, -0.15) is 0 Å². The van der Waals surface area contributed by atoms with Crippen LogP contribution in [0.25, 0.3) is 0 Å². The Bertz CT molecular complexity index is 382. The molecular formula is C12H19ClN4O. The van der Waals surface area contributed by atoms with Crippen molar-refractivity contribution < 1.29 is 4.74 Å². The molecule has 1 fully saturated rings. The summed E-state index contributed by atoms with van der Waals surface area (Å²) in [6, 6.07) is 0. The molecule has 3 N–H and O–H groups in total. The summed E-state index contributed by atoms with van der Waals surface area (Å²) in [6.45, 7) is 1.33. The zero-order chi connectivity index (χ0) is 12.8. The number of hydrogen-bond acceptors (Lipinski definition) is 5. The van der Waals surface area contributed by atoms with Crippen LogP contribution in [0.3, 0.4) is 0 Å². The van der Waals surface area contributed by atoms with E-state index in [1.54, 1.807) is 0 Å². The van der Waals surface area contributed by atoms with Gasteiger partial charge in [0, 0.05) is 6.54 Å². The van der Waals surface area contributed by atoms with E-state index in [0.717, 1.165) is 0 Å². The van der Waals surface area contributed by atoms with Crippen molar-refractivity contribution in [2.45, 2.75) is 38.2 Å². The number of nitrogens with two attached hydrogens (primary N) is 1. The fraction of sp³-hybridized carbons (Fsp3) is 0.667. The molecule has 0 aliphatic heterocycles. The van der Waals surface area contributed by atoms with E-state index in [9.17, 15) is 0 Å². The van der Waals surface area contributed by atoms with Gasteiger partial charge >= 0.3 is 0 Å². The molecule has 100 valence electrons. The van der Waals surface area contributed by atoms with Gasteiger partial charge in [0.25, 0.3) is 0 Å². The van der Waals surface area contributed by atoms with Crippen LogP contribution in [-0.2, 0) is 4.74 Å². The highest BCUT2D eigenvalue weighted by molar-refractivity contribution is 6.35. The minimum atomic E-state index is 0.294. The van der Waals surface area contributed by atoms with Crippen molar-refractivity contribution in [1.82, 2.24) is 9.97 Å². The SMILES string of the molecule is Nc1ncnc(NCCOC2CCCCC2)c1Cl. The van der Waals surface area contributed by atoms with Gasteiger partial charge in [-0.3, -0.25) is 0 Å². The Kier molecular flexibility index (Phi) is 5.01. The summed E-state index contributed by atoms with van der Waals surface area (Å²) in [6.07, 6.45) is 8.09. The highest BCUT2D eigenvalue weighted by atomic mass is 35.5. The van der Waals surface area contributed by atoms with Crippen LogP contribution in [0.1, 0.15) is 32.1 Å². The maximum Gasteiger partial charge on any atom is 0.150 e. The molecule has 18 heavy (non-hydrogen) atoms. The van der Waals surface area contributed by atoms with E-state index in [2.05, 4.69) is 15.3 Å². The molecule has 0 saturated heterocycles. The minimum absolute atomic E-state index is 0.294. The Labute approximate surface area is 112 Å². The molecular weight excluding hydrogens is 252 g/mol. The molecule has 6 heteroatoms. The average molecular weight is 271 g/mol. The normalized spacial score (nSPS) is 16.7. The lowest BCUT2D eigenvalue weighted by Gasteiger charge is -2.22. The molecule has 1 aromatic heterocycles. The topological polar surface area (TPSA) is 73.1 Å². The fourth-order valence-corrected chi connectivity index (χ4v) is 2.30. The minimum Gasteiger partial charge on any atom is -0.382 e. The van der Waals surface area contributed by atoms with E-state index < -0.39 is 0 Å². The van der Waals surface area contributed by atoms with Crippen molar-refractivity contribution in [3.63, 3.8) is 0 Å².